The van der Waals surface area contributed by atoms with Crippen molar-refractivity contribution in [2.75, 3.05) is 13.2 Å². The molecular weight excluding hydrogens is 340 g/mol. The highest BCUT2D eigenvalue weighted by atomic mass is 16.5. The van der Waals surface area contributed by atoms with Gasteiger partial charge in [-0.05, 0) is 37.0 Å². The molecule has 0 spiro atoms. The first kappa shape index (κ1) is 19.0. The monoisotopic (exact) mass is 366 g/mol. The number of para-hydroxylation sites is 1. The predicted molar refractivity (Wildman–Crippen MR) is 105 cm³/mol. The van der Waals surface area contributed by atoms with Crippen LogP contribution in [0.3, 0.4) is 0 Å². The predicted octanol–water partition coefficient (Wildman–Crippen LogP) is 3.18. The molecule has 1 fully saturated rings. The molecule has 27 heavy (non-hydrogen) atoms. The van der Waals surface area contributed by atoms with Crippen LogP contribution in [0.2, 0.25) is 0 Å². The van der Waals surface area contributed by atoms with Crippen molar-refractivity contribution in [1.82, 2.24) is 4.90 Å². The summed E-state index contributed by atoms with van der Waals surface area (Å²) in [6.07, 6.45) is 3.75. The van der Waals surface area contributed by atoms with Crippen molar-refractivity contribution in [3.8, 4) is 5.75 Å². The number of hydrogen-bond donors (Lipinski definition) is 1. The number of likely N-dealkylation sites (tertiary alicyclic amines) is 1. The van der Waals surface area contributed by atoms with E-state index in [4.69, 9.17) is 10.5 Å². The van der Waals surface area contributed by atoms with Crippen LogP contribution in [-0.2, 0) is 11.2 Å². The molecule has 2 aromatic carbocycles. The number of ether oxygens (including phenoxy) is 1. The van der Waals surface area contributed by atoms with E-state index in [-0.39, 0.29) is 24.3 Å². The Balaban J connectivity index is 1.70. The highest BCUT2D eigenvalue weighted by Crippen LogP contribution is 2.26. The van der Waals surface area contributed by atoms with E-state index >= 15 is 0 Å². The van der Waals surface area contributed by atoms with Gasteiger partial charge in [0.2, 0.25) is 5.91 Å². The number of benzene rings is 2. The van der Waals surface area contributed by atoms with Crippen LogP contribution in [0.1, 0.15) is 41.6 Å². The lowest BCUT2D eigenvalue weighted by atomic mass is 9.97. The van der Waals surface area contributed by atoms with Gasteiger partial charge in [0.15, 0.2) is 0 Å². The lowest BCUT2D eigenvalue weighted by molar-refractivity contribution is -0.119. The Morgan fingerprint density at radius 2 is 1.78 bits per heavy atom. The minimum atomic E-state index is -0.368. The molecule has 1 unspecified atom stereocenters. The Labute approximate surface area is 160 Å². The lowest BCUT2D eigenvalue weighted by Crippen LogP contribution is -2.45. The van der Waals surface area contributed by atoms with Crippen LogP contribution in [0, 0.1) is 0 Å². The van der Waals surface area contributed by atoms with Crippen molar-refractivity contribution in [3.05, 3.63) is 65.7 Å². The normalized spacial score (nSPS) is 16.7. The van der Waals surface area contributed by atoms with Gasteiger partial charge in [-0.2, -0.15) is 0 Å². The quantitative estimate of drug-likeness (QED) is 0.818. The first-order valence-corrected chi connectivity index (χ1v) is 9.50. The van der Waals surface area contributed by atoms with Gasteiger partial charge in [0.25, 0.3) is 5.91 Å². The molecule has 1 atom stereocenters. The summed E-state index contributed by atoms with van der Waals surface area (Å²) in [5.41, 5.74) is 7.11. The third kappa shape index (κ3) is 5.09. The molecule has 0 radical (unpaired) electrons. The van der Waals surface area contributed by atoms with Crippen LogP contribution in [0.4, 0.5) is 0 Å². The van der Waals surface area contributed by atoms with E-state index in [9.17, 15) is 9.59 Å². The molecule has 5 heteroatoms. The highest BCUT2D eigenvalue weighted by Gasteiger charge is 2.29. The van der Waals surface area contributed by atoms with Gasteiger partial charge < -0.3 is 15.4 Å². The van der Waals surface area contributed by atoms with Crippen LogP contribution < -0.4 is 10.5 Å². The Kier molecular flexibility index (Phi) is 6.47. The number of hydrogen-bond acceptors (Lipinski definition) is 3. The fourth-order valence-electron chi connectivity index (χ4n) is 3.56. The minimum Gasteiger partial charge on any atom is -0.492 e. The molecule has 0 aliphatic carbocycles. The van der Waals surface area contributed by atoms with Gasteiger partial charge in [0.1, 0.15) is 5.75 Å². The van der Waals surface area contributed by atoms with Gasteiger partial charge in [0, 0.05) is 25.4 Å². The largest absolute Gasteiger partial charge is 0.492 e. The van der Waals surface area contributed by atoms with Crippen LogP contribution in [-0.4, -0.2) is 35.9 Å². The molecule has 2 amide bonds. The maximum absolute atomic E-state index is 13.1. The fraction of sp³-hybridized carbons (Fsp3) is 0.364. The molecule has 2 aromatic rings. The highest BCUT2D eigenvalue weighted by molar-refractivity contribution is 5.97. The van der Waals surface area contributed by atoms with Crippen LogP contribution in [0.15, 0.2) is 54.6 Å². The van der Waals surface area contributed by atoms with E-state index in [0.717, 1.165) is 25.7 Å². The first-order chi connectivity index (χ1) is 13.1. The molecule has 5 nitrogen and oxygen atoms in total. The maximum Gasteiger partial charge on any atom is 0.257 e. The maximum atomic E-state index is 13.1. The Bertz CT molecular complexity index is 776. The van der Waals surface area contributed by atoms with E-state index in [1.807, 2.05) is 36.4 Å². The van der Waals surface area contributed by atoms with Crippen LogP contribution >= 0.6 is 0 Å². The zero-order chi connectivity index (χ0) is 19.1. The van der Waals surface area contributed by atoms with Gasteiger partial charge in [0.05, 0.1) is 12.2 Å². The summed E-state index contributed by atoms with van der Waals surface area (Å²) in [4.78, 5) is 26.3. The van der Waals surface area contributed by atoms with E-state index < -0.39 is 0 Å². The number of nitrogens with zero attached hydrogens (tertiary/aromatic N) is 1. The number of primary amides is 1. The second-order valence-corrected chi connectivity index (χ2v) is 6.90. The third-order valence-corrected chi connectivity index (χ3v) is 4.93. The molecule has 142 valence electrons. The summed E-state index contributed by atoms with van der Waals surface area (Å²) in [6, 6.07) is 17.3. The third-order valence-electron chi connectivity index (χ3n) is 4.93. The van der Waals surface area contributed by atoms with Gasteiger partial charge in [-0.3, -0.25) is 9.59 Å². The van der Waals surface area contributed by atoms with Gasteiger partial charge in [-0.1, -0.05) is 42.5 Å². The van der Waals surface area contributed by atoms with E-state index in [1.165, 1.54) is 5.56 Å². The van der Waals surface area contributed by atoms with Crippen molar-refractivity contribution in [2.45, 2.75) is 38.1 Å². The average Bonchev–Trinajstić information content (AvgIpc) is 2.69. The molecule has 0 aromatic heterocycles. The van der Waals surface area contributed by atoms with E-state index in [0.29, 0.717) is 24.5 Å². The summed E-state index contributed by atoms with van der Waals surface area (Å²) in [5, 5.41) is 0. The molecule has 1 heterocycles. The number of piperidine rings is 1. The summed E-state index contributed by atoms with van der Waals surface area (Å²) >= 11 is 0. The van der Waals surface area contributed by atoms with Crippen molar-refractivity contribution in [3.63, 3.8) is 0 Å². The second kappa shape index (κ2) is 9.21. The summed E-state index contributed by atoms with van der Waals surface area (Å²) in [6.45, 7) is 1.15. The fourth-order valence-corrected chi connectivity index (χ4v) is 3.56. The summed E-state index contributed by atoms with van der Waals surface area (Å²) < 4.78 is 5.93. The molecule has 1 aliphatic heterocycles. The lowest BCUT2D eigenvalue weighted by Gasteiger charge is -2.35. The van der Waals surface area contributed by atoms with E-state index in [1.54, 1.807) is 11.0 Å². The van der Waals surface area contributed by atoms with Crippen molar-refractivity contribution in [2.24, 2.45) is 5.73 Å². The van der Waals surface area contributed by atoms with Crippen molar-refractivity contribution < 1.29 is 14.3 Å². The first-order valence-electron chi connectivity index (χ1n) is 9.50. The zero-order valence-electron chi connectivity index (χ0n) is 15.5. The topological polar surface area (TPSA) is 72.6 Å². The van der Waals surface area contributed by atoms with Crippen LogP contribution in [0.25, 0.3) is 0 Å². The molecule has 2 N–H and O–H groups in total. The van der Waals surface area contributed by atoms with E-state index in [2.05, 4.69) is 12.1 Å². The molecule has 1 saturated heterocycles. The number of rotatable bonds is 7. The molecule has 0 saturated carbocycles. The number of amides is 2. The molecule has 1 aliphatic rings. The van der Waals surface area contributed by atoms with Gasteiger partial charge in [-0.25, -0.2) is 0 Å². The SMILES string of the molecule is NC(=O)CC1CCCCN1C(=O)c1ccccc1OCCc1ccccc1. The van der Waals surface area contributed by atoms with Gasteiger partial charge in [-0.15, -0.1) is 0 Å². The summed E-state index contributed by atoms with van der Waals surface area (Å²) in [5.74, 6) is 0.130. The van der Waals surface area contributed by atoms with Gasteiger partial charge >= 0.3 is 0 Å². The Hall–Kier alpha value is -2.82. The number of carbonyl (C=O) groups is 2. The second-order valence-electron chi connectivity index (χ2n) is 6.90. The smallest absolute Gasteiger partial charge is 0.257 e. The Morgan fingerprint density at radius 1 is 1.04 bits per heavy atom. The minimum absolute atomic E-state index is 0.0868. The molecule has 0 bridgehead atoms. The molecule has 3 rings (SSSR count). The van der Waals surface area contributed by atoms with Crippen molar-refractivity contribution in [1.29, 1.82) is 0 Å². The van der Waals surface area contributed by atoms with Crippen molar-refractivity contribution >= 4 is 11.8 Å². The number of carbonyl (C=O) groups excluding carboxylic acids is 2. The standard InChI is InChI=1S/C22H26N2O3/c23-21(25)16-18-10-6-7-14-24(18)22(26)19-11-4-5-12-20(19)27-15-13-17-8-2-1-3-9-17/h1-5,8-9,11-12,18H,6-7,10,13-16H2,(H2,23,25). The number of nitrogens with two attached hydrogens (primary N) is 1. The molecular formula is C22H26N2O3. The Morgan fingerprint density at radius 3 is 2.56 bits per heavy atom. The van der Waals surface area contributed by atoms with Crippen LogP contribution in [0.5, 0.6) is 5.75 Å². The average molecular weight is 366 g/mol. The summed E-state index contributed by atoms with van der Waals surface area (Å²) in [7, 11) is 0. The zero-order valence-corrected chi connectivity index (χ0v) is 15.5.